The van der Waals surface area contributed by atoms with Crippen LogP contribution in [0.2, 0.25) is 0 Å². The number of aromatic nitrogens is 2. The number of morpholine rings is 1. The molecule has 1 N–H and O–H groups in total. The van der Waals surface area contributed by atoms with Gasteiger partial charge in [-0.2, -0.15) is 0 Å². The van der Waals surface area contributed by atoms with Crippen LogP contribution in [-0.2, 0) is 11.3 Å². The summed E-state index contributed by atoms with van der Waals surface area (Å²) in [7, 11) is 3.25. The Bertz CT molecular complexity index is 1040. The van der Waals surface area contributed by atoms with E-state index in [1.54, 1.807) is 26.6 Å². The van der Waals surface area contributed by atoms with E-state index in [4.69, 9.17) is 14.2 Å². The van der Waals surface area contributed by atoms with Crippen molar-refractivity contribution in [3.8, 4) is 22.8 Å². The Labute approximate surface area is 187 Å². The molecule has 1 aromatic heterocycles. The number of rotatable bonds is 7. The number of benzene rings is 2. The lowest BCUT2D eigenvalue weighted by atomic mass is 10.1. The fourth-order valence-electron chi connectivity index (χ4n) is 3.55. The van der Waals surface area contributed by atoms with Crippen LogP contribution in [0.5, 0.6) is 11.5 Å². The minimum absolute atomic E-state index is 0.0179. The van der Waals surface area contributed by atoms with Crippen molar-refractivity contribution in [2.45, 2.75) is 6.54 Å². The molecule has 0 atom stereocenters. The Morgan fingerprint density at radius 3 is 2.31 bits per heavy atom. The van der Waals surface area contributed by atoms with E-state index in [-0.39, 0.29) is 5.91 Å². The maximum atomic E-state index is 12.7. The summed E-state index contributed by atoms with van der Waals surface area (Å²) >= 11 is 0. The second kappa shape index (κ2) is 10.1. The first-order chi connectivity index (χ1) is 15.7. The minimum Gasteiger partial charge on any atom is -0.497 e. The third-order valence-electron chi connectivity index (χ3n) is 5.27. The average molecular weight is 434 g/mol. The number of amides is 1. The molecule has 8 nitrogen and oxygen atoms in total. The maximum Gasteiger partial charge on any atom is 0.254 e. The first-order valence-electron chi connectivity index (χ1n) is 10.4. The molecular formula is C24H26N4O4. The van der Waals surface area contributed by atoms with E-state index in [9.17, 15) is 4.79 Å². The van der Waals surface area contributed by atoms with Crippen LogP contribution in [0, 0.1) is 0 Å². The molecule has 1 fully saturated rings. The number of carbonyl (C=O) groups is 1. The lowest BCUT2D eigenvalue weighted by molar-refractivity contribution is 0.0303. The van der Waals surface area contributed by atoms with Gasteiger partial charge in [0.2, 0.25) is 0 Å². The molecule has 0 unspecified atom stereocenters. The molecule has 0 aliphatic carbocycles. The van der Waals surface area contributed by atoms with E-state index in [0.29, 0.717) is 49.9 Å². The van der Waals surface area contributed by atoms with Crippen LogP contribution in [0.25, 0.3) is 11.3 Å². The summed E-state index contributed by atoms with van der Waals surface area (Å²) in [6.07, 6.45) is 3.30. The molecule has 0 bridgehead atoms. The van der Waals surface area contributed by atoms with Gasteiger partial charge >= 0.3 is 0 Å². The second-order valence-electron chi connectivity index (χ2n) is 7.31. The van der Waals surface area contributed by atoms with Crippen molar-refractivity contribution in [1.29, 1.82) is 0 Å². The maximum absolute atomic E-state index is 12.7. The average Bonchev–Trinajstić information content (AvgIpc) is 2.87. The molecule has 3 aromatic rings. The van der Waals surface area contributed by atoms with Crippen LogP contribution in [0.1, 0.15) is 15.9 Å². The molecule has 0 spiro atoms. The van der Waals surface area contributed by atoms with Gasteiger partial charge in [-0.1, -0.05) is 12.1 Å². The first-order valence-corrected chi connectivity index (χ1v) is 10.4. The van der Waals surface area contributed by atoms with Crippen LogP contribution in [0.15, 0.2) is 54.9 Å². The highest BCUT2D eigenvalue weighted by Crippen LogP contribution is 2.26. The molecule has 4 rings (SSSR count). The number of nitrogens with one attached hydrogen (secondary N) is 1. The standard InChI is InChI=1S/C24H26N4O4/c1-30-20-13-17(14-21(15-20)31-2)16-27-23-22(25-7-8-26-23)18-3-5-19(6-4-18)24(29)28-9-11-32-12-10-28/h3-8,13-15H,9-12,16H2,1-2H3,(H,26,27). The molecule has 1 aliphatic heterocycles. The number of anilines is 1. The van der Waals surface area contributed by atoms with Crippen molar-refractivity contribution in [2.75, 3.05) is 45.8 Å². The van der Waals surface area contributed by atoms with Gasteiger partial charge in [-0.05, 0) is 29.8 Å². The Morgan fingerprint density at radius 1 is 1.00 bits per heavy atom. The first kappa shape index (κ1) is 21.6. The number of nitrogens with zero attached hydrogens (tertiary/aromatic N) is 3. The van der Waals surface area contributed by atoms with Crippen molar-refractivity contribution >= 4 is 11.7 Å². The quantitative estimate of drug-likeness (QED) is 0.611. The molecule has 1 saturated heterocycles. The Hall–Kier alpha value is -3.65. The molecule has 0 saturated carbocycles. The number of hydrogen-bond acceptors (Lipinski definition) is 7. The zero-order valence-corrected chi connectivity index (χ0v) is 18.2. The zero-order chi connectivity index (χ0) is 22.3. The molecule has 8 heteroatoms. The third-order valence-corrected chi connectivity index (χ3v) is 5.27. The van der Waals surface area contributed by atoms with Crippen molar-refractivity contribution < 1.29 is 19.0 Å². The molecule has 32 heavy (non-hydrogen) atoms. The van der Waals surface area contributed by atoms with Gasteiger partial charge in [-0.3, -0.25) is 9.78 Å². The van der Waals surface area contributed by atoms with Crippen LogP contribution in [0.4, 0.5) is 5.82 Å². The largest absolute Gasteiger partial charge is 0.497 e. The monoisotopic (exact) mass is 434 g/mol. The van der Waals surface area contributed by atoms with Gasteiger partial charge in [0.05, 0.1) is 27.4 Å². The molecule has 2 heterocycles. The summed E-state index contributed by atoms with van der Waals surface area (Å²) in [6, 6.07) is 13.2. The highest BCUT2D eigenvalue weighted by Gasteiger charge is 2.18. The Morgan fingerprint density at radius 2 is 1.66 bits per heavy atom. The van der Waals surface area contributed by atoms with Gasteiger partial charge in [-0.15, -0.1) is 0 Å². The zero-order valence-electron chi connectivity index (χ0n) is 18.2. The molecule has 1 amide bonds. The van der Waals surface area contributed by atoms with Gasteiger partial charge in [0, 0.05) is 49.2 Å². The van der Waals surface area contributed by atoms with Crippen LogP contribution in [-0.4, -0.2) is 61.3 Å². The number of ether oxygens (including phenoxy) is 3. The van der Waals surface area contributed by atoms with E-state index >= 15 is 0 Å². The summed E-state index contributed by atoms with van der Waals surface area (Å²) in [6.45, 7) is 2.92. The third kappa shape index (κ3) is 4.97. The number of carbonyl (C=O) groups excluding carboxylic acids is 1. The number of methoxy groups -OCH3 is 2. The lowest BCUT2D eigenvalue weighted by Crippen LogP contribution is -2.40. The van der Waals surface area contributed by atoms with Crippen LogP contribution < -0.4 is 14.8 Å². The van der Waals surface area contributed by atoms with Crippen LogP contribution >= 0.6 is 0 Å². The van der Waals surface area contributed by atoms with Crippen molar-refractivity contribution in [3.63, 3.8) is 0 Å². The van der Waals surface area contributed by atoms with Gasteiger partial charge < -0.3 is 24.4 Å². The van der Waals surface area contributed by atoms with E-state index in [1.807, 2.05) is 47.4 Å². The lowest BCUT2D eigenvalue weighted by Gasteiger charge is -2.26. The Kier molecular flexibility index (Phi) is 6.81. The van der Waals surface area contributed by atoms with Crippen molar-refractivity contribution in [2.24, 2.45) is 0 Å². The van der Waals surface area contributed by atoms with E-state index < -0.39 is 0 Å². The summed E-state index contributed by atoms with van der Waals surface area (Å²) in [5, 5.41) is 3.35. The fraction of sp³-hybridized carbons (Fsp3) is 0.292. The molecule has 2 aromatic carbocycles. The summed E-state index contributed by atoms with van der Waals surface area (Å²) < 4.78 is 16.0. The Balaban J connectivity index is 1.50. The highest BCUT2D eigenvalue weighted by molar-refractivity contribution is 5.94. The molecular weight excluding hydrogens is 408 g/mol. The SMILES string of the molecule is COc1cc(CNc2nccnc2-c2ccc(C(=O)N3CCOCC3)cc2)cc(OC)c1. The van der Waals surface area contributed by atoms with Crippen LogP contribution in [0.3, 0.4) is 0 Å². The number of hydrogen-bond donors (Lipinski definition) is 1. The molecule has 0 radical (unpaired) electrons. The highest BCUT2D eigenvalue weighted by atomic mass is 16.5. The molecule has 166 valence electrons. The van der Waals surface area contributed by atoms with Gasteiger partial charge in [0.1, 0.15) is 17.2 Å². The van der Waals surface area contributed by atoms with Gasteiger partial charge in [0.25, 0.3) is 5.91 Å². The van der Waals surface area contributed by atoms with E-state index in [0.717, 1.165) is 22.6 Å². The second-order valence-corrected chi connectivity index (χ2v) is 7.31. The molecule has 1 aliphatic rings. The predicted octanol–water partition coefficient (Wildman–Crippen LogP) is 3.25. The summed E-state index contributed by atoms with van der Waals surface area (Å²) in [5.41, 5.74) is 3.23. The van der Waals surface area contributed by atoms with Crippen molar-refractivity contribution in [3.05, 3.63) is 66.0 Å². The smallest absolute Gasteiger partial charge is 0.254 e. The summed E-state index contributed by atoms with van der Waals surface area (Å²) in [4.78, 5) is 23.5. The normalized spacial score (nSPS) is 13.5. The van der Waals surface area contributed by atoms with E-state index in [2.05, 4.69) is 15.3 Å². The summed E-state index contributed by atoms with van der Waals surface area (Å²) in [5.74, 6) is 2.12. The van der Waals surface area contributed by atoms with Gasteiger partial charge in [0.15, 0.2) is 5.82 Å². The van der Waals surface area contributed by atoms with E-state index in [1.165, 1.54) is 0 Å². The predicted molar refractivity (Wildman–Crippen MR) is 121 cm³/mol. The fourth-order valence-corrected chi connectivity index (χ4v) is 3.55. The minimum atomic E-state index is 0.0179. The van der Waals surface area contributed by atoms with Crippen molar-refractivity contribution in [1.82, 2.24) is 14.9 Å². The topological polar surface area (TPSA) is 85.8 Å². The van der Waals surface area contributed by atoms with Gasteiger partial charge in [-0.25, -0.2) is 4.98 Å².